The monoisotopic (exact) mass is 311 g/mol. The maximum Gasteiger partial charge on any atom is 0.251 e. The zero-order valence-corrected chi connectivity index (χ0v) is 12.7. The van der Waals surface area contributed by atoms with Crippen molar-refractivity contribution in [1.82, 2.24) is 5.32 Å². The average Bonchev–Trinajstić information content (AvgIpc) is 2.86. The van der Waals surface area contributed by atoms with Crippen molar-refractivity contribution in [3.8, 4) is 0 Å². The van der Waals surface area contributed by atoms with Crippen LogP contribution in [0.15, 0.2) is 24.3 Å². The number of carbonyl (C=O) groups is 1. The molecule has 2 rings (SSSR count). The van der Waals surface area contributed by atoms with Gasteiger partial charge in [0, 0.05) is 12.1 Å². The lowest BCUT2D eigenvalue weighted by Crippen LogP contribution is -2.51. The molecular weight excluding hydrogens is 290 g/mol. The van der Waals surface area contributed by atoms with Crippen molar-refractivity contribution in [3.05, 3.63) is 35.4 Å². The van der Waals surface area contributed by atoms with Gasteiger partial charge < -0.3 is 11.1 Å². The molecule has 0 saturated heterocycles. The number of carbonyl (C=O) groups excluding carboxylic acids is 1. The molecule has 0 spiro atoms. The molecule has 1 aliphatic carbocycles. The molecule has 21 heavy (non-hydrogen) atoms. The Hall–Kier alpha value is -1.44. The second-order valence-electron chi connectivity index (χ2n) is 5.65. The zero-order chi connectivity index (χ0) is 15.5. The summed E-state index contributed by atoms with van der Waals surface area (Å²) in [5, 5.41) is 8.03. The Morgan fingerprint density at radius 1 is 1.29 bits per heavy atom. The van der Waals surface area contributed by atoms with Gasteiger partial charge in [0.2, 0.25) is 10.0 Å². The highest BCUT2D eigenvalue weighted by Crippen LogP contribution is 2.29. The van der Waals surface area contributed by atoms with Crippen LogP contribution in [-0.4, -0.2) is 26.4 Å². The minimum Gasteiger partial charge on any atom is -0.345 e. The molecule has 1 aliphatic rings. The molecule has 1 amide bonds. The Balaban J connectivity index is 2.14. The predicted octanol–water partition coefficient (Wildman–Crippen LogP) is 0.476. The van der Waals surface area contributed by atoms with Gasteiger partial charge in [-0.15, -0.1) is 0 Å². The van der Waals surface area contributed by atoms with Gasteiger partial charge in [-0.05, 0) is 30.5 Å². The third-order valence-corrected chi connectivity index (χ3v) is 4.62. The van der Waals surface area contributed by atoms with Crippen molar-refractivity contribution in [3.63, 3.8) is 0 Å². The fourth-order valence-corrected chi connectivity index (χ4v) is 3.42. The van der Waals surface area contributed by atoms with E-state index in [-0.39, 0.29) is 17.2 Å². The third-order valence-electron chi connectivity index (χ3n) is 3.89. The summed E-state index contributed by atoms with van der Waals surface area (Å²) in [7, 11) is -3.61. The molecule has 6 nitrogen and oxygen atoms in total. The first-order chi connectivity index (χ1) is 9.84. The summed E-state index contributed by atoms with van der Waals surface area (Å²) < 4.78 is 22.2. The smallest absolute Gasteiger partial charge is 0.251 e. The highest BCUT2D eigenvalue weighted by Gasteiger charge is 2.34. The highest BCUT2D eigenvalue weighted by molar-refractivity contribution is 7.88. The highest BCUT2D eigenvalue weighted by atomic mass is 32.2. The van der Waals surface area contributed by atoms with Crippen LogP contribution in [0, 0.1) is 0 Å². The fraction of sp³-hybridized carbons (Fsp3) is 0.500. The van der Waals surface area contributed by atoms with Crippen LogP contribution < -0.4 is 16.2 Å². The van der Waals surface area contributed by atoms with Gasteiger partial charge in [-0.25, -0.2) is 13.6 Å². The van der Waals surface area contributed by atoms with Crippen LogP contribution in [0.25, 0.3) is 0 Å². The quantitative estimate of drug-likeness (QED) is 0.733. The number of nitrogens with two attached hydrogens (primary N) is 2. The maximum absolute atomic E-state index is 12.3. The number of sulfonamides is 1. The lowest BCUT2D eigenvalue weighted by molar-refractivity contribution is 0.0903. The maximum atomic E-state index is 12.3. The van der Waals surface area contributed by atoms with Gasteiger partial charge >= 0.3 is 0 Å². The molecule has 0 aliphatic heterocycles. The van der Waals surface area contributed by atoms with Crippen molar-refractivity contribution in [1.29, 1.82) is 0 Å². The summed E-state index contributed by atoms with van der Waals surface area (Å²) in [5.74, 6) is -0.505. The zero-order valence-electron chi connectivity index (χ0n) is 11.8. The molecule has 0 bridgehead atoms. The summed E-state index contributed by atoms with van der Waals surface area (Å²) in [4.78, 5) is 12.3. The van der Waals surface area contributed by atoms with E-state index in [2.05, 4.69) is 5.32 Å². The van der Waals surface area contributed by atoms with E-state index < -0.39 is 10.0 Å². The first-order valence-corrected chi connectivity index (χ1v) is 8.67. The van der Waals surface area contributed by atoms with Gasteiger partial charge in [-0.2, -0.15) is 0 Å². The van der Waals surface area contributed by atoms with Crippen LogP contribution in [0.1, 0.15) is 41.6 Å². The molecule has 116 valence electrons. The number of hydrogen-bond donors (Lipinski definition) is 3. The summed E-state index contributed by atoms with van der Waals surface area (Å²) in [6.07, 6.45) is 3.88. The summed E-state index contributed by atoms with van der Waals surface area (Å²) in [6, 6.07) is 6.49. The molecular formula is C14H21N3O3S. The second-order valence-corrected chi connectivity index (χ2v) is 7.27. The number of benzene rings is 1. The lowest BCUT2D eigenvalue weighted by Gasteiger charge is -2.28. The van der Waals surface area contributed by atoms with Crippen molar-refractivity contribution in [2.45, 2.75) is 37.0 Å². The Kier molecular flexibility index (Phi) is 4.65. The first kappa shape index (κ1) is 15.9. The van der Waals surface area contributed by atoms with E-state index in [0.717, 1.165) is 25.7 Å². The SMILES string of the molecule is NCC1(NC(=O)c2cccc(CS(N)(=O)=O)c2)CCCC1. The van der Waals surface area contributed by atoms with Gasteiger partial charge in [-0.1, -0.05) is 25.0 Å². The molecule has 0 atom stereocenters. The topological polar surface area (TPSA) is 115 Å². The molecule has 1 saturated carbocycles. The normalized spacial score (nSPS) is 17.6. The molecule has 0 heterocycles. The summed E-state index contributed by atoms with van der Waals surface area (Å²) in [6.45, 7) is 0.412. The van der Waals surface area contributed by atoms with Crippen LogP contribution in [-0.2, 0) is 15.8 Å². The van der Waals surface area contributed by atoms with E-state index in [1.807, 2.05) is 0 Å². The number of rotatable bonds is 5. The summed E-state index contributed by atoms with van der Waals surface area (Å²) >= 11 is 0. The summed E-state index contributed by atoms with van der Waals surface area (Å²) in [5.41, 5.74) is 6.40. The molecule has 0 aromatic heterocycles. The molecule has 0 radical (unpaired) electrons. The van der Waals surface area contributed by atoms with Crippen molar-refractivity contribution >= 4 is 15.9 Å². The van der Waals surface area contributed by atoms with Crippen LogP contribution in [0.2, 0.25) is 0 Å². The lowest BCUT2D eigenvalue weighted by atomic mass is 9.97. The van der Waals surface area contributed by atoms with Crippen LogP contribution in [0.4, 0.5) is 0 Å². The van der Waals surface area contributed by atoms with Gasteiger partial charge in [0.05, 0.1) is 11.3 Å². The second kappa shape index (κ2) is 6.13. The number of primary sulfonamides is 1. The Bertz CT molecular complexity index is 622. The van der Waals surface area contributed by atoms with E-state index in [0.29, 0.717) is 17.7 Å². The third kappa shape index (κ3) is 4.26. The van der Waals surface area contributed by atoms with Gasteiger partial charge in [0.15, 0.2) is 0 Å². The van der Waals surface area contributed by atoms with Crippen molar-refractivity contribution in [2.24, 2.45) is 10.9 Å². The Morgan fingerprint density at radius 3 is 2.52 bits per heavy atom. The van der Waals surface area contributed by atoms with E-state index in [1.165, 1.54) is 0 Å². The van der Waals surface area contributed by atoms with E-state index >= 15 is 0 Å². The van der Waals surface area contributed by atoms with Crippen molar-refractivity contribution in [2.75, 3.05) is 6.54 Å². The average molecular weight is 311 g/mol. The van der Waals surface area contributed by atoms with Crippen molar-refractivity contribution < 1.29 is 13.2 Å². The van der Waals surface area contributed by atoms with Gasteiger partial charge in [0.1, 0.15) is 0 Å². The first-order valence-electron chi connectivity index (χ1n) is 6.96. The van der Waals surface area contributed by atoms with E-state index in [4.69, 9.17) is 10.9 Å². The molecule has 5 N–H and O–H groups in total. The van der Waals surface area contributed by atoms with E-state index in [9.17, 15) is 13.2 Å². The van der Waals surface area contributed by atoms with Gasteiger partial charge in [0.25, 0.3) is 5.91 Å². The predicted molar refractivity (Wildman–Crippen MR) is 81.0 cm³/mol. The van der Waals surface area contributed by atoms with Crippen LogP contribution >= 0.6 is 0 Å². The molecule has 0 unspecified atom stereocenters. The number of hydrogen-bond acceptors (Lipinski definition) is 4. The minimum atomic E-state index is -3.61. The van der Waals surface area contributed by atoms with Crippen LogP contribution in [0.3, 0.4) is 0 Å². The fourth-order valence-electron chi connectivity index (χ4n) is 2.78. The standard InChI is InChI=1S/C14H21N3O3S/c15-10-14(6-1-2-7-14)17-13(18)12-5-3-4-11(8-12)9-21(16,19)20/h3-5,8H,1-2,6-7,9-10,15H2,(H,17,18)(H2,16,19,20). The molecule has 1 aromatic carbocycles. The molecule has 7 heteroatoms. The minimum absolute atomic E-state index is 0.224. The molecule has 1 fully saturated rings. The molecule has 1 aromatic rings. The largest absolute Gasteiger partial charge is 0.345 e. The van der Waals surface area contributed by atoms with Gasteiger partial charge in [-0.3, -0.25) is 4.79 Å². The Labute approximate surface area is 124 Å². The Morgan fingerprint density at radius 2 is 1.95 bits per heavy atom. The number of nitrogens with one attached hydrogen (secondary N) is 1. The van der Waals surface area contributed by atoms with Crippen LogP contribution in [0.5, 0.6) is 0 Å². The number of amides is 1. The van der Waals surface area contributed by atoms with E-state index in [1.54, 1.807) is 24.3 Å².